The van der Waals surface area contributed by atoms with E-state index < -0.39 is 0 Å². The quantitative estimate of drug-likeness (QED) is 0.585. The van der Waals surface area contributed by atoms with Gasteiger partial charge in [0.15, 0.2) is 0 Å². The molecule has 6 heteroatoms. The topological polar surface area (TPSA) is 58.6 Å². The van der Waals surface area contributed by atoms with Crippen LogP contribution in [-0.2, 0) is 9.53 Å². The van der Waals surface area contributed by atoms with Crippen LogP contribution in [0.1, 0.15) is 62.7 Å². The number of carbonyl (C=O) groups excluding carboxylic acids is 2. The first-order valence-corrected chi connectivity index (χ1v) is 12.8. The molecule has 2 aromatic rings. The summed E-state index contributed by atoms with van der Waals surface area (Å²) in [6.45, 7) is 6.19. The zero-order chi connectivity index (χ0) is 22.5. The largest absolute Gasteiger partial charge is 0.462 e. The third-order valence-electron chi connectivity index (χ3n) is 6.76. The number of rotatable bonds is 6. The zero-order valence-corrected chi connectivity index (χ0v) is 20.0. The minimum Gasteiger partial charge on any atom is -0.462 e. The molecule has 0 radical (unpaired) electrons. The molecular formula is C26H34N2O3S. The molecule has 2 heterocycles. The maximum atomic E-state index is 13.9. The van der Waals surface area contributed by atoms with E-state index in [0.717, 1.165) is 67.1 Å². The third-order valence-corrected chi connectivity index (χ3v) is 7.94. The number of benzene rings is 1. The van der Waals surface area contributed by atoms with Gasteiger partial charge in [-0.15, -0.1) is 11.3 Å². The second-order valence-electron chi connectivity index (χ2n) is 9.06. The van der Waals surface area contributed by atoms with Crippen molar-refractivity contribution >= 4 is 28.2 Å². The van der Waals surface area contributed by atoms with Crippen molar-refractivity contribution in [1.29, 1.82) is 0 Å². The van der Waals surface area contributed by atoms with Gasteiger partial charge < -0.3 is 10.1 Å². The second-order valence-corrected chi connectivity index (χ2v) is 10.1. The van der Waals surface area contributed by atoms with Crippen LogP contribution in [0.5, 0.6) is 0 Å². The molecule has 1 aliphatic carbocycles. The van der Waals surface area contributed by atoms with Gasteiger partial charge in [0, 0.05) is 16.8 Å². The Kier molecular flexibility index (Phi) is 7.63. The highest BCUT2D eigenvalue weighted by atomic mass is 32.1. The first-order valence-electron chi connectivity index (χ1n) is 12.0. The van der Waals surface area contributed by atoms with Crippen LogP contribution < -0.4 is 10.2 Å². The van der Waals surface area contributed by atoms with Crippen molar-refractivity contribution in [2.45, 2.75) is 58.4 Å². The summed E-state index contributed by atoms with van der Waals surface area (Å²) in [4.78, 5) is 29.9. The average molecular weight is 455 g/mol. The van der Waals surface area contributed by atoms with Gasteiger partial charge in [0.05, 0.1) is 12.2 Å². The van der Waals surface area contributed by atoms with Crippen molar-refractivity contribution in [1.82, 2.24) is 5.32 Å². The van der Waals surface area contributed by atoms with Crippen molar-refractivity contribution < 1.29 is 14.3 Å². The Bertz CT molecular complexity index is 912. The second kappa shape index (κ2) is 10.6. The summed E-state index contributed by atoms with van der Waals surface area (Å²) < 4.78 is 5.41. The lowest BCUT2D eigenvalue weighted by Gasteiger charge is -2.37. The number of piperidine rings is 1. The highest BCUT2D eigenvalue weighted by molar-refractivity contribution is 7.20. The SMILES string of the molecule is CCOC(=O)c1cc(-c2ccccc2)sc1N(C(=O)C1CCC(C)CC1)C1CCNCC1. The Hall–Kier alpha value is -2.18. The first-order chi connectivity index (χ1) is 15.6. The standard InChI is InChI=1S/C26H34N2O3S/c1-3-31-26(30)22-17-23(19-7-5-4-6-8-19)32-25(22)28(21-13-15-27-16-14-21)24(29)20-11-9-18(2)10-12-20/h4-8,17-18,20-21,27H,3,9-16H2,1-2H3. The molecule has 0 bridgehead atoms. The van der Waals surface area contributed by atoms with Gasteiger partial charge in [-0.05, 0) is 76.1 Å². The summed E-state index contributed by atoms with van der Waals surface area (Å²) in [5.74, 6) is 0.576. The lowest BCUT2D eigenvalue weighted by molar-refractivity contribution is -0.124. The van der Waals surface area contributed by atoms with E-state index in [-0.39, 0.29) is 23.8 Å². The molecule has 1 amide bonds. The van der Waals surface area contributed by atoms with Gasteiger partial charge in [0.25, 0.3) is 0 Å². The molecule has 0 spiro atoms. The van der Waals surface area contributed by atoms with Gasteiger partial charge in [-0.25, -0.2) is 4.79 Å². The summed E-state index contributed by atoms with van der Waals surface area (Å²) in [6, 6.07) is 12.1. The summed E-state index contributed by atoms with van der Waals surface area (Å²) in [7, 11) is 0. The first kappa shape index (κ1) is 23.0. The van der Waals surface area contributed by atoms with E-state index in [2.05, 4.69) is 12.2 Å². The number of ether oxygens (including phenoxy) is 1. The van der Waals surface area contributed by atoms with Crippen LogP contribution >= 0.6 is 11.3 Å². The lowest BCUT2D eigenvalue weighted by atomic mass is 9.82. The van der Waals surface area contributed by atoms with Crippen LogP contribution in [0.15, 0.2) is 36.4 Å². The van der Waals surface area contributed by atoms with Crippen LogP contribution in [0.3, 0.4) is 0 Å². The molecule has 1 aliphatic heterocycles. The Morgan fingerprint density at radius 1 is 1.06 bits per heavy atom. The van der Waals surface area contributed by atoms with E-state index in [0.29, 0.717) is 18.1 Å². The fourth-order valence-corrected chi connectivity index (χ4v) is 6.10. The molecule has 4 rings (SSSR count). The fraction of sp³-hybridized carbons (Fsp3) is 0.538. The predicted molar refractivity (Wildman–Crippen MR) is 130 cm³/mol. The van der Waals surface area contributed by atoms with Crippen molar-refractivity contribution in [3.63, 3.8) is 0 Å². The number of nitrogens with one attached hydrogen (secondary N) is 1. The molecule has 1 saturated carbocycles. The van der Waals surface area contributed by atoms with Crippen LogP contribution in [0.25, 0.3) is 10.4 Å². The number of esters is 1. The number of amides is 1. The van der Waals surface area contributed by atoms with Gasteiger partial charge in [-0.3, -0.25) is 9.69 Å². The van der Waals surface area contributed by atoms with Gasteiger partial charge >= 0.3 is 5.97 Å². The Labute approximate surface area is 195 Å². The molecule has 2 aliphatic rings. The van der Waals surface area contributed by atoms with Crippen LogP contribution in [0.2, 0.25) is 0 Å². The van der Waals surface area contributed by atoms with E-state index in [9.17, 15) is 9.59 Å². The Morgan fingerprint density at radius 2 is 1.75 bits per heavy atom. The maximum Gasteiger partial charge on any atom is 0.341 e. The van der Waals surface area contributed by atoms with Gasteiger partial charge in [-0.1, -0.05) is 37.3 Å². The molecule has 0 atom stereocenters. The van der Waals surface area contributed by atoms with Gasteiger partial charge in [-0.2, -0.15) is 0 Å². The summed E-state index contributed by atoms with van der Waals surface area (Å²) in [5.41, 5.74) is 1.57. The Balaban J connectivity index is 1.75. The van der Waals surface area contributed by atoms with E-state index >= 15 is 0 Å². The monoisotopic (exact) mass is 454 g/mol. The zero-order valence-electron chi connectivity index (χ0n) is 19.1. The van der Waals surface area contributed by atoms with E-state index in [1.165, 1.54) is 0 Å². The summed E-state index contributed by atoms with van der Waals surface area (Å²) >= 11 is 1.55. The number of nitrogens with zero attached hydrogens (tertiary/aromatic N) is 1. The van der Waals surface area contributed by atoms with Crippen LogP contribution in [-0.4, -0.2) is 37.6 Å². The molecule has 1 N–H and O–H groups in total. The Morgan fingerprint density at radius 3 is 2.41 bits per heavy atom. The maximum absolute atomic E-state index is 13.9. The van der Waals surface area contributed by atoms with Crippen molar-refractivity contribution in [3.8, 4) is 10.4 Å². The minimum absolute atomic E-state index is 0.0402. The molecular weight excluding hydrogens is 420 g/mol. The van der Waals surface area contributed by atoms with Crippen molar-refractivity contribution in [2.75, 3.05) is 24.6 Å². The molecule has 1 saturated heterocycles. The van der Waals surface area contributed by atoms with E-state index in [4.69, 9.17) is 4.74 Å². The third kappa shape index (κ3) is 5.07. The fourth-order valence-electron chi connectivity index (χ4n) is 4.87. The molecule has 2 fully saturated rings. The molecule has 172 valence electrons. The summed E-state index contributed by atoms with van der Waals surface area (Å²) in [5, 5.41) is 4.17. The molecule has 32 heavy (non-hydrogen) atoms. The predicted octanol–water partition coefficient (Wildman–Crippen LogP) is 5.50. The van der Waals surface area contributed by atoms with Gasteiger partial charge in [0.2, 0.25) is 5.91 Å². The number of anilines is 1. The van der Waals surface area contributed by atoms with E-state index in [1.807, 2.05) is 48.2 Å². The van der Waals surface area contributed by atoms with E-state index in [1.54, 1.807) is 11.3 Å². The summed E-state index contributed by atoms with van der Waals surface area (Å²) in [6.07, 6.45) is 5.87. The average Bonchev–Trinajstić information content (AvgIpc) is 3.26. The number of carbonyl (C=O) groups is 2. The van der Waals surface area contributed by atoms with Crippen molar-refractivity contribution in [2.24, 2.45) is 11.8 Å². The van der Waals surface area contributed by atoms with Crippen LogP contribution in [0, 0.1) is 11.8 Å². The normalized spacial score (nSPS) is 21.8. The molecule has 0 unspecified atom stereocenters. The minimum atomic E-state index is -0.343. The number of hydrogen-bond acceptors (Lipinski definition) is 5. The number of hydrogen-bond donors (Lipinski definition) is 1. The van der Waals surface area contributed by atoms with Crippen LogP contribution in [0.4, 0.5) is 5.00 Å². The molecule has 5 nitrogen and oxygen atoms in total. The van der Waals surface area contributed by atoms with Crippen molar-refractivity contribution in [3.05, 3.63) is 42.0 Å². The molecule has 1 aromatic heterocycles. The highest BCUT2D eigenvalue weighted by Crippen LogP contribution is 2.42. The van der Waals surface area contributed by atoms with Gasteiger partial charge in [0.1, 0.15) is 5.00 Å². The number of thiophene rings is 1. The molecule has 1 aromatic carbocycles. The highest BCUT2D eigenvalue weighted by Gasteiger charge is 2.36. The lowest BCUT2D eigenvalue weighted by Crippen LogP contribution is -2.49. The smallest absolute Gasteiger partial charge is 0.341 e.